The lowest BCUT2D eigenvalue weighted by atomic mass is 9.69. The molecular weight excluding hydrogens is 933 g/mol. The highest BCUT2D eigenvalue weighted by Crippen LogP contribution is 2.48. The molecule has 0 N–H and O–H groups in total. The zero-order valence-electron chi connectivity index (χ0n) is 43.4. The average Bonchev–Trinajstić information content (AvgIpc) is 4.28. The number of aromatic nitrogens is 4. The summed E-state index contributed by atoms with van der Waals surface area (Å²) in [5, 5.41) is 8.95. The Morgan fingerprint density at radius 1 is 0.481 bits per heavy atom. The molecule has 4 heterocycles. The van der Waals surface area contributed by atoms with E-state index in [9.17, 15) is 0 Å². The highest BCUT2D eigenvalue weighted by Gasteiger charge is 2.32. The van der Waals surface area contributed by atoms with Crippen LogP contribution in [-0.4, -0.2) is 18.3 Å². The standard InChI is InChI=1S/C73H56N4/c1-46-38-39-50(23-19-33-53(46)47(2)63-44-48-20-6-7-26-54(48)55-27-8-9-28-56(55)63)76-64-34-14-10-29-57(64)59-41-43-69-71(72(59)76)62-32-13-17-37-67(62)75(69)51-24-18-25-52(45-51)77-65-35-15-11-30-58(65)60-40-42-68-70(73(60)77)61-31-12-16-36-66(61)74(68)49-21-4-3-5-22-49/h3-12,14-31,33-37,39-43,45-47,63H,13,32,38,44H2,1-2H3. The maximum Gasteiger partial charge on any atom is 0.0641 e. The fraction of sp³-hybridized carbons (Fsp3) is 0.123. The van der Waals surface area contributed by atoms with Crippen molar-refractivity contribution in [1.29, 1.82) is 0 Å². The normalized spacial score (nSPS) is 16.8. The molecule has 3 aliphatic rings. The Kier molecular flexibility index (Phi) is 9.88. The molecule has 13 aromatic rings. The van der Waals surface area contributed by atoms with Crippen molar-refractivity contribution in [2.45, 2.75) is 45.4 Å². The number of hydrogen-bond acceptors (Lipinski definition) is 0. The Bertz CT molecular complexity index is 4730. The summed E-state index contributed by atoms with van der Waals surface area (Å²) in [4.78, 5) is 0. The van der Waals surface area contributed by atoms with Gasteiger partial charge >= 0.3 is 0 Å². The predicted molar refractivity (Wildman–Crippen MR) is 325 cm³/mol. The maximum atomic E-state index is 2.60. The minimum Gasteiger partial charge on any atom is -0.309 e. The van der Waals surface area contributed by atoms with Gasteiger partial charge in [-0.3, -0.25) is 0 Å². The van der Waals surface area contributed by atoms with E-state index >= 15 is 0 Å². The van der Waals surface area contributed by atoms with Crippen molar-refractivity contribution in [3.63, 3.8) is 0 Å². The number of para-hydroxylation sites is 4. The van der Waals surface area contributed by atoms with Crippen LogP contribution in [0.5, 0.6) is 0 Å². The Morgan fingerprint density at radius 2 is 1.09 bits per heavy atom. The first-order valence-corrected chi connectivity index (χ1v) is 27.7. The zero-order valence-corrected chi connectivity index (χ0v) is 43.4. The van der Waals surface area contributed by atoms with E-state index in [1.807, 2.05) is 0 Å². The third-order valence-corrected chi connectivity index (χ3v) is 17.9. The summed E-state index contributed by atoms with van der Waals surface area (Å²) in [6.07, 6.45) is 18.5. The lowest BCUT2D eigenvalue weighted by molar-refractivity contribution is 0.463. The largest absolute Gasteiger partial charge is 0.309 e. The van der Waals surface area contributed by atoms with Gasteiger partial charge in [0.2, 0.25) is 0 Å². The molecule has 3 atom stereocenters. The molecule has 16 rings (SSSR count). The van der Waals surface area contributed by atoms with Gasteiger partial charge in [-0.25, -0.2) is 0 Å². The molecule has 3 unspecified atom stereocenters. The summed E-state index contributed by atoms with van der Waals surface area (Å²) >= 11 is 0. The van der Waals surface area contributed by atoms with Crippen LogP contribution in [0.25, 0.3) is 116 Å². The Labute approximate surface area is 448 Å². The number of rotatable bonds is 6. The van der Waals surface area contributed by atoms with Gasteiger partial charge in [0.25, 0.3) is 0 Å². The molecule has 3 aliphatic carbocycles. The topological polar surface area (TPSA) is 19.7 Å². The van der Waals surface area contributed by atoms with E-state index in [-0.39, 0.29) is 0 Å². The fourth-order valence-electron chi connectivity index (χ4n) is 14.5. The van der Waals surface area contributed by atoms with Crippen LogP contribution in [-0.2, 0) is 12.8 Å². The molecule has 0 saturated heterocycles. The van der Waals surface area contributed by atoms with Crippen molar-refractivity contribution >= 4 is 88.1 Å². The van der Waals surface area contributed by atoms with E-state index < -0.39 is 0 Å². The van der Waals surface area contributed by atoms with E-state index in [2.05, 4.69) is 269 Å². The van der Waals surface area contributed by atoms with E-state index in [1.54, 1.807) is 0 Å². The van der Waals surface area contributed by atoms with Gasteiger partial charge in [-0.1, -0.05) is 183 Å². The van der Waals surface area contributed by atoms with Crippen molar-refractivity contribution in [2.75, 3.05) is 0 Å². The first kappa shape index (κ1) is 44.2. The number of nitrogens with zero attached hydrogens (tertiary/aromatic N) is 4. The molecule has 0 fully saturated rings. The van der Waals surface area contributed by atoms with E-state index in [0.29, 0.717) is 17.8 Å². The van der Waals surface area contributed by atoms with Gasteiger partial charge < -0.3 is 18.3 Å². The van der Waals surface area contributed by atoms with Crippen LogP contribution in [0.3, 0.4) is 0 Å². The maximum absolute atomic E-state index is 2.60. The smallest absolute Gasteiger partial charge is 0.0641 e. The molecule has 0 saturated carbocycles. The van der Waals surface area contributed by atoms with Gasteiger partial charge in [-0.05, 0) is 144 Å². The van der Waals surface area contributed by atoms with Crippen LogP contribution in [0.1, 0.15) is 55.0 Å². The molecule has 77 heavy (non-hydrogen) atoms. The van der Waals surface area contributed by atoms with Crippen molar-refractivity contribution in [3.05, 3.63) is 259 Å². The van der Waals surface area contributed by atoms with Crippen LogP contribution in [0.4, 0.5) is 0 Å². The van der Waals surface area contributed by atoms with Crippen LogP contribution < -0.4 is 0 Å². The second-order valence-corrected chi connectivity index (χ2v) is 21.9. The number of aryl methyl sites for hydroxylation is 1. The summed E-state index contributed by atoms with van der Waals surface area (Å²) in [5.74, 6) is 1.19. The third kappa shape index (κ3) is 6.51. The second-order valence-electron chi connectivity index (χ2n) is 21.9. The molecule has 0 radical (unpaired) electrons. The summed E-state index contributed by atoms with van der Waals surface area (Å²) in [6, 6.07) is 74.7. The lowest BCUT2D eigenvalue weighted by Gasteiger charge is -2.35. The summed E-state index contributed by atoms with van der Waals surface area (Å²) in [5.41, 5.74) is 23.3. The average molecular weight is 989 g/mol. The van der Waals surface area contributed by atoms with E-state index in [4.69, 9.17) is 0 Å². The van der Waals surface area contributed by atoms with Gasteiger partial charge in [0.05, 0.1) is 38.6 Å². The van der Waals surface area contributed by atoms with E-state index in [0.717, 1.165) is 42.7 Å². The summed E-state index contributed by atoms with van der Waals surface area (Å²) < 4.78 is 10.1. The van der Waals surface area contributed by atoms with Crippen molar-refractivity contribution in [2.24, 2.45) is 11.8 Å². The molecule has 0 spiro atoms. The van der Waals surface area contributed by atoms with Crippen LogP contribution >= 0.6 is 0 Å². The molecule has 9 aromatic carbocycles. The first-order chi connectivity index (χ1) is 38.1. The van der Waals surface area contributed by atoms with Gasteiger partial charge in [0.15, 0.2) is 0 Å². The Morgan fingerprint density at radius 3 is 1.87 bits per heavy atom. The third-order valence-electron chi connectivity index (χ3n) is 17.9. The molecule has 0 amide bonds. The van der Waals surface area contributed by atoms with E-state index in [1.165, 1.54) is 121 Å². The molecule has 0 aliphatic heterocycles. The fourth-order valence-corrected chi connectivity index (χ4v) is 14.5. The highest BCUT2D eigenvalue weighted by molar-refractivity contribution is 6.26. The van der Waals surface area contributed by atoms with Crippen molar-refractivity contribution in [3.8, 4) is 28.2 Å². The Hall–Kier alpha value is -9.12. The minimum absolute atomic E-state index is 0.377. The zero-order chi connectivity index (χ0) is 50.9. The number of hydrogen-bond donors (Lipinski definition) is 0. The SMILES string of the molecule is CC1CC=C(n2c3ccccc3c3ccc4c(c5c(n4-c4cccc(-n6c7ccccc7c7ccc8c(c9ccccc9n8-c8ccccc8)c76)c4)C=CCC5)c32)C=CC=C1C(C)C1Cc2ccccc2-c2ccccc21. The first-order valence-electron chi connectivity index (χ1n) is 27.7. The van der Waals surface area contributed by atoms with Gasteiger partial charge in [-0.2, -0.15) is 0 Å². The molecule has 4 nitrogen and oxygen atoms in total. The quantitative estimate of drug-likeness (QED) is 0.158. The lowest BCUT2D eigenvalue weighted by Crippen LogP contribution is -2.22. The summed E-state index contributed by atoms with van der Waals surface area (Å²) in [7, 11) is 0. The number of allylic oxidation sites excluding steroid dienone is 7. The van der Waals surface area contributed by atoms with Crippen molar-refractivity contribution in [1.82, 2.24) is 18.3 Å². The van der Waals surface area contributed by atoms with Gasteiger partial charge in [0, 0.05) is 66.2 Å². The number of fused-ring (bicyclic) bond motifs is 17. The van der Waals surface area contributed by atoms with Gasteiger partial charge in [-0.15, -0.1) is 0 Å². The molecule has 4 heteroatoms. The van der Waals surface area contributed by atoms with Gasteiger partial charge in [0.1, 0.15) is 0 Å². The summed E-state index contributed by atoms with van der Waals surface area (Å²) in [6.45, 7) is 4.93. The predicted octanol–water partition coefficient (Wildman–Crippen LogP) is 18.9. The molecule has 368 valence electrons. The minimum atomic E-state index is 0.377. The van der Waals surface area contributed by atoms with Crippen LogP contribution in [0, 0.1) is 11.8 Å². The monoisotopic (exact) mass is 988 g/mol. The Balaban J connectivity index is 0.864. The highest BCUT2D eigenvalue weighted by atomic mass is 15.0. The number of benzene rings is 9. The molecule has 4 aromatic heterocycles. The van der Waals surface area contributed by atoms with Crippen LogP contribution in [0.15, 0.2) is 236 Å². The van der Waals surface area contributed by atoms with Crippen molar-refractivity contribution < 1.29 is 0 Å². The molecule has 0 bridgehead atoms. The molecular formula is C73H56N4. The van der Waals surface area contributed by atoms with Crippen LogP contribution in [0.2, 0.25) is 0 Å². The second kappa shape index (κ2) is 17.2.